The molecule has 1 rings (SSSR count). The van der Waals surface area contributed by atoms with E-state index in [4.69, 9.17) is 0 Å². The van der Waals surface area contributed by atoms with Gasteiger partial charge in [-0.25, -0.2) is 0 Å². The zero-order valence-corrected chi connectivity index (χ0v) is 9.07. The van der Waals surface area contributed by atoms with Gasteiger partial charge in [0, 0.05) is 12.5 Å². The van der Waals surface area contributed by atoms with Crippen molar-refractivity contribution in [1.82, 2.24) is 5.32 Å². The van der Waals surface area contributed by atoms with Crippen LogP contribution in [0.15, 0.2) is 10.8 Å². The maximum absolute atomic E-state index is 11.2. The Morgan fingerprint density at radius 2 is 2.23 bits per heavy atom. The van der Waals surface area contributed by atoms with E-state index in [9.17, 15) is 4.79 Å². The van der Waals surface area contributed by atoms with Crippen LogP contribution in [0.5, 0.6) is 0 Å². The molecule has 0 aliphatic heterocycles. The normalized spacial score (nSPS) is 10.5. The number of hydrogen-bond acceptors (Lipinski definition) is 2. The number of carbonyl (C=O) groups is 1. The van der Waals surface area contributed by atoms with E-state index in [2.05, 4.69) is 23.0 Å². The van der Waals surface area contributed by atoms with Gasteiger partial charge in [0.15, 0.2) is 0 Å². The lowest BCUT2D eigenvalue weighted by Gasteiger charge is -2.06. The van der Waals surface area contributed by atoms with Crippen LogP contribution in [0.4, 0.5) is 0 Å². The summed E-state index contributed by atoms with van der Waals surface area (Å²) in [6, 6.07) is 0. The summed E-state index contributed by atoms with van der Waals surface area (Å²) in [6.45, 7) is 6.52. The predicted molar refractivity (Wildman–Crippen MR) is 55.7 cm³/mol. The van der Waals surface area contributed by atoms with E-state index in [0.717, 1.165) is 0 Å². The first-order chi connectivity index (χ1) is 6.11. The van der Waals surface area contributed by atoms with Gasteiger partial charge in [-0.15, -0.1) is 0 Å². The number of amides is 1. The maximum atomic E-state index is 11.2. The zero-order chi connectivity index (χ0) is 9.84. The molecule has 1 aromatic heterocycles. The van der Waals surface area contributed by atoms with E-state index in [1.165, 1.54) is 11.1 Å². The molecule has 0 saturated carbocycles. The summed E-state index contributed by atoms with van der Waals surface area (Å²) in [5.41, 5.74) is 2.48. The average Bonchev–Trinajstić information content (AvgIpc) is 2.47. The summed E-state index contributed by atoms with van der Waals surface area (Å²) < 4.78 is 0. The highest BCUT2D eigenvalue weighted by molar-refractivity contribution is 7.08. The Morgan fingerprint density at radius 3 is 2.69 bits per heavy atom. The summed E-state index contributed by atoms with van der Waals surface area (Å²) in [5.74, 6) is 0.185. The fourth-order valence-electron chi connectivity index (χ4n) is 0.954. The standard InChI is InChI=1S/C10H15NOS/c1-7(2)10(12)11-4-9-6-13-5-8(9)3/h5-7H,4H2,1-3H3,(H,11,12). The van der Waals surface area contributed by atoms with Gasteiger partial charge in [0.1, 0.15) is 0 Å². The summed E-state index contributed by atoms with van der Waals surface area (Å²) >= 11 is 1.67. The molecule has 13 heavy (non-hydrogen) atoms. The Bertz CT molecular complexity index is 291. The Balaban J connectivity index is 2.44. The van der Waals surface area contributed by atoms with Crippen molar-refractivity contribution in [2.45, 2.75) is 27.3 Å². The first-order valence-electron chi connectivity index (χ1n) is 4.40. The van der Waals surface area contributed by atoms with Gasteiger partial charge in [-0.3, -0.25) is 4.79 Å². The molecule has 0 aromatic carbocycles. The molecule has 2 nitrogen and oxygen atoms in total. The van der Waals surface area contributed by atoms with Crippen LogP contribution in [0.25, 0.3) is 0 Å². The van der Waals surface area contributed by atoms with Crippen molar-refractivity contribution in [3.05, 3.63) is 21.9 Å². The fourth-order valence-corrected chi connectivity index (χ4v) is 1.81. The lowest BCUT2D eigenvalue weighted by atomic mass is 10.2. The van der Waals surface area contributed by atoms with Gasteiger partial charge in [-0.1, -0.05) is 13.8 Å². The van der Waals surface area contributed by atoms with Crippen LogP contribution in [-0.2, 0) is 11.3 Å². The van der Waals surface area contributed by atoms with Crippen LogP contribution in [0, 0.1) is 12.8 Å². The number of hydrogen-bond donors (Lipinski definition) is 1. The molecule has 0 aliphatic carbocycles. The monoisotopic (exact) mass is 197 g/mol. The summed E-state index contributed by atoms with van der Waals surface area (Å²) in [7, 11) is 0. The van der Waals surface area contributed by atoms with Crippen LogP contribution >= 0.6 is 11.3 Å². The van der Waals surface area contributed by atoms with Crippen LogP contribution in [0.1, 0.15) is 25.0 Å². The summed E-state index contributed by atoms with van der Waals surface area (Å²) in [5, 5.41) is 7.07. The molecule has 0 radical (unpaired) electrons. The smallest absolute Gasteiger partial charge is 0.222 e. The highest BCUT2D eigenvalue weighted by Crippen LogP contribution is 2.13. The lowest BCUT2D eigenvalue weighted by molar-refractivity contribution is -0.124. The van der Waals surface area contributed by atoms with Crippen LogP contribution in [0.3, 0.4) is 0 Å². The molecule has 1 N–H and O–H groups in total. The van der Waals surface area contributed by atoms with Gasteiger partial charge in [-0.05, 0) is 28.8 Å². The second-order valence-electron chi connectivity index (χ2n) is 3.45. The van der Waals surface area contributed by atoms with Gasteiger partial charge < -0.3 is 5.32 Å². The van der Waals surface area contributed by atoms with Crippen LogP contribution in [0.2, 0.25) is 0 Å². The summed E-state index contributed by atoms with van der Waals surface area (Å²) in [4.78, 5) is 11.2. The van der Waals surface area contributed by atoms with E-state index >= 15 is 0 Å². The number of thiophene rings is 1. The van der Waals surface area contributed by atoms with Crippen LogP contribution < -0.4 is 5.32 Å². The highest BCUT2D eigenvalue weighted by atomic mass is 32.1. The second kappa shape index (κ2) is 4.42. The molecular formula is C10H15NOS. The molecule has 0 saturated heterocycles. The number of nitrogens with one attached hydrogen (secondary N) is 1. The minimum atomic E-state index is 0.0685. The van der Waals surface area contributed by atoms with Crippen molar-refractivity contribution in [1.29, 1.82) is 0 Å². The zero-order valence-electron chi connectivity index (χ0n) is 8.26. The number of aryl methyl sites for hydroxylation is 1. The number of rotatable bonds is 3. The molecule has 0 spiro atoms. The molecule has 0 bridgehead atoms. The van der Waals surface area contributed by atoms with Crippen molar-refractivity contribution < 1.29 is 4.79 Å². The van der Waals surface area contributed by atoms with Gasteiger partial charge in [0.25, 0.3) is 0 Å². The van der Waals surface area contributed by atoms with Gasteiger partial charge in [0.2, 0.25) is 5.91 Å². The Morgan fingerprint density at radius 1 is 1.54 bits per heavy atom. The largest absolute Gasteiger partial charge is 0.352 e. The topological polar surface area (TPSA) is 29.1 Å². The molecule has 1 aromatic rings. The van der Waals surface area contributed by atoms with Crippen molar-refractivity contribution in [2.24, 2.45) is 5.92 Å². The Labute approximate surface area is 83.0 Å². The quantitative estimate of drug-likeness (QED) is 0.791. The third-order valence-corrected chi connectivity index (χ3v) is 2.85. The molecular weight excluding hydrogens is 182 g/mol. The molecule has 72 valence electrons. The van der Waals surface area contributed by atoms with Crippen molar-refractivity contribution in [3.63, 3.8) is 0 Å². The molecule has 0 fully saturated rings. The third kappa shape index (κ3) is 2.84. The third-order valence-electron chi connectivity index (χ3n) is 1.94. The van der Waals surface area contributed by atoms with E-state index in [-0.39, 0.29) is 11.8 Å². The minimum absolute atomic E-state index is 0.0685. The first-order valence-corrected chi connectivity index (χ1v) is 5.35. The molecule has 0 unspecified atom stereocenters. The average molecular weight is 197 g/mol. The van der Waals surface area contributed by atoms with Crippen LogP contribution in [-0.4, -0.2) is 5.91 Å². The van der Waals surface area contributed by atoms with E-state index < -0.39 is 0 Å². The molecule has 1 heterocycles. The first kappa shape index (κ1) is 10.3. The summed E-state index contributed by atoms with van der Waals surface area (Å²) in [6.07, 6.45) is 0. The van der Waals surface area contributed by atoms with E-state index in [1.54, 1.807) is 11.3 Å². The molecule has 1 amide bonds. The van der Waals surface area contributed by atoms with Gasteiger partial charge >= 0.3 is 0 Å². The SMILES string of the molecule is Cc1cscc1CNC(=O)C(C)C. The Hall–Kier alpha value is -0.830. The molecule has 3 heteroatoms. The molecule has 0 aliphatic rings. The Kier molecular flexibility index (Phi) is 3.48. The highest BCUT2D eigenvalue weighted by Gasteiger charge is 2.06. The fraction of sp³-hybridized carbons (Fsp3) is 0.500. The predicted octanol–water partition coefficient (Wildman–Crippen LogP) is 2.33. The maximum Gasteiger partial charge on any atom is 0.222 e. The van der Waals surface area contributed by atoms with E-state index in [0.29, 0.717) is 6.54 Å². The van der Waals surface area contributed by atoms with E-state index in [1.807, 2.05) is 13.8 Å². The number of carbonyl (C=O) groups excluding carboxylic acids is 1. The molecule has 0 atom stereocenters. The van der Waals surface area contributed by atoms with Crippen molar-refractivity contribution in [2.75, 3.05) is 0 Å². The second-order valence-corrected chi connectivity index (χ2v) is 4.20. The van der Waals surface area contributed by atoms with Gasteiger partial charge in [-0.2, -0.15) is 11.3 Å². The van der Waals surface area contributed by atoms with Gasteiger partial charge in [0.05, 0.1) is 0 Å². The lowest BCUT2D eigenvalue weighted by Crippen LogP contribution is -2.27. The van der Waals surface area contributed by atoms with Crippen molar-refractivity contribution in [3.8, 4) is 0 Å². The minimum Gasteiger partial charge on any atom is -0.352 e. The van der Waals surface area contributed by atoms with Crippen molar-refractivity contribution >= 4 is 17.2 Å².